The minimum atomic E-state index is -0.336. The minimum absolute atomic E-state index is 0.301. The highest BCUT2D eigenvalue weighted by atomic mass is 32.2. The lowest BCUT2D eigenvalue weighted by atomic mass is 10.2. The number of rotatable bonds is 5. The summed E-state index contributed by atoms with van der Waals surface area (Å²) in [5.41, 5.74) is 0. The van der Waals surface area contributed by atoms with Crippen molar-refractivity contribution < 1.29 is 5.11 Å². The van der Waals surface area contributed by atoms with Gasteiger partial charge in [-0.25, -0.2) is 9.67 Å². The van der Waals surface area contributed by atoms with E-state index in [0.29, 0.717) is 28.1 Å². The van der Waals surface area contributed by atoms with Crippen LogP contribution in [-0.2, 0) is 13.0 Å². The fourth-order valence-corrected chi connectivity index (χ4v) is 5.29. The van der Waals surface area contributed by atoms with Crippen molar-refractivity contribution in [3.8, 4) is 0 Å². The molecular weight excluding hydrogens is 290 g/mol. The van der Waals surface area contributed by atoms with Gasteiger partial charge in [-0.05, 0) is 5.92 Å². The van der Waals surface area contributed by atoms with Crippen LogP contribution in [0.3, 0.4) is 0 Å². The molecule has 1 N–H and O–H groups in total. The van der Waals surface area contributed by atoms with Gasteiger partial charge in [0, 0.05) is 34.5 Å². The summed E-state index contributed by atoms with van der Waals surface area (Å²) in [5, 5.41) is 16.3. The molecule has 0 bridgehead atoms. The summed E-state index contributed by atoms with van der Waals surface area (Å²) in [4.78, 5) is 4.31. The van der Waals surface area contributed by atoms with Crippen molar-refractivity contribution in [1.82, 2.24) is 14.8 Å². The average Bonchev–Trinajstić information content (AvgIpc) is 2.79. The number of aromatic nitrogens is 3. The van der Waals surface area contributed by atoms with Crippen LogP contribution in [0, 0.1) is 5.92 Å². The summed E-state index contributed by atoms with van der Waals surface area (Å²) < 4.78 is 1.93. The van der Waals surface area contributed by atoms with Gasteiger partial charge >= 0.3 is 0 Å². The number of aliphatic hydroxyl groups excluding tert-OH is 1. The van der Waals surface area contributed by atoms with E-state index < -0.39 is 0 Å². The Hall–Kier alpha value is -0.200. The average molecular weight is 316 g/mol. The molecule has 20 heavy (non-hydrogen) atoms. The molecule has 1 aromatic heterocycles. The molecule has 1 saturated heterocycles. The lowest BCUT2D eigenvalue weighted by Gasteiger charge is -2.33. The van der Waals surface area contributed by atoms with Crippen LogP contribution in [0.5, 0.6) is 0 Å². The second kappa shape index (κ2) is 7.18. The van der Waals surface area contributed by atoms with Crippen LogP contribution < -0.4 is 0 Å². The summed E-state index contributed by atoms with van der Waals surface area (Å²) in [6.45, 7) is 9.71. The highest BCUT2D eigenvalue weighted by Crippen LogP contribution is 2.37. The summed E-state index contributed by atoms with van der Waals surface area (Å²) in [5.74, 6) is 2.46. The van der Waals surface area contributed by atoms with E-state index in [-0.39, 0.29) is 6.10 Å². The Kier molecular flexibility index (Phi) is 5.81. The molecule has 4 atom stereocenters. The fourth-order valence-electron chi connectivity index (χ4n) is 2.27. The molecule has 1 aliphatic rings. The van der Waals surface area contributed by atoms with Crippen LogP contribution in [0.15, 0.2) is 6.33 Å². The Morgan fingerprint density at radius 1 is 1.40 bits per heavy atom. The van der Waals surface area contributed by atoms with Crippen molar-refractivity contribution in [3.05, 3.63) is 12.2 Å². The molecule has 6 heteroatoms. The Morgan fingerprint density at radius 2 is 2.15 bits per heavy atom. The third-order valence-electron chi connectivity index (χ3n) is 3.63. The maximum Gasteiger partial charge on any atom is 0.138 e. The number of nitrogens with zero attached hydrogens (tertiary/aromatic N) is 3. The van der Waals surface area contributed by atoms with Crippen LogP contribution in [0.2, 0.25) is 0 Å². The Balaban J connectivity index is 1.94. The summed E-state index contributed by atoms with van der Waals surface area (Å²) in [6, 6.07) is 0. The Labute approximate surface area is 130 Å². The van der Waals surface area contributed by atoms with Gasteiger partial charge in [0.15, 0.2) is 0 Å². The minimum Gasteiger partial charge on any atom is -0.391 e. The topological polar surface area (TPSA) is 50.9 Å². The predicted molar refractivity (Wildman–Crippen MR) is 87.3 cm³/mol. The van der Waals surface area contributed by atoms with Crippen LogP contribution >= 0.6 is 23.5 Å². The first-order valence-corrected chi connectivity index (χ1v) is 9.28. The zero-order valence-electron chi connectivity index (χ0n) is 12.7. The molecule has 0 saturated carbocycles. The SMILES string of the molecule is CC(C)Cn1ncnc1CC(O)C1CSC(C)C(C)S1. The van der Waals surface area contributed by atoms with Crippen molar-refractivity contribution in [3.63, 3.8) is 0 Å². The standard InChI is InChI=1S/C14H25N3OS2/c1-9(2)6-17-14(15-8-16-17)5-12(18)13-7-19-10(3)11(4)20-13/h8-13,18H,5-7H2,1-4H3. The maximum absolute atomic E-state index is 10.5. The van der Waals surface area contributed by atoms with Crippen molar-refractivity contribution >= 4 is 23.5 Å². The molecule has 0 spiro atoms. The molecule has 0 radical (unpaired) electrons. The van der Waals surface area contributed by atoms with Crippen LogP contribution in [0.4, 0.5) is 0 Å². The molecule has 0 aromatic carbocycles. The highest BCUT2D eigenvalue weighted by Gasteiger charge is 2.31. The molecule has 4 unspecified atom stereocenters. The summed E-state index contributed by atoms with van der Waals surface area (Å²) in [7, 11) is 0. The molecular formula is C14H25N3OS2. The van der Waals surface area contributed by atoms with Crippen LogP contribution in [-0.4, -0.2) is 47.5 Å². The van der Waals surface area contributed by atoms with Crippen molar-refractivity contribution in [2.45, 2.75) is 62.5 Å². The Bertz CT molecular complexity index is 424. The maximum atomic E-state index is 10.5. The van der Waals surface area contributed by atoms with Gasteiger partial charge in [0.25, 0.3) is 0 Å². The highest BCUT2D eigenvalue weighted by molar-refractivity contribution is 8.07. The van der Waals surface area contributed by atoms with Gasteiger partial charge in [0.05, 0.1) is 6.10 Å². The number of hydrogen-bond acceptors (Lipinski definition) is 5. The lowest BCUT2D eigenvalue weighted by molar-refractivity contribution is 0.172. The molecule has 4 nitrogen and oxygen atoms in total. The van der Waals surface area contributed by atoms with Gasteiger partial charge in [-0.2, -0.15) is 28.6 Å². The van der Waals surface area contributed by atoms with Crippen LogP contribution in [0.1, 0.15) is 33.5 Å². The third-order valence-corrected chi connectivity index (χ3v) is 7.17. The smallest absolute Gasteiger partial charge is 0.138 e. The van der Waals surface area contributed by atoms with Gasteiger partial charge in [-0.1, -0.05) is 27.7 Å². The second-order valence-electron chi connectivity index (χ2n) is 5.94. The van der Waals surface area contributed by atoms with Crippen molar-refractivity contribution in [2.24, 2.45) is 5.92 Å². The first-order chi connectivity index (χ1) is 9.47. The normalized spacial score (nSPS) is 28.8. The Morgan fingerprint density at radius 3 is 2.80 bits per heavy atom. The molecule has 1 aromatic rings. The van der Waals surface area contributed by atoms with Crippen molar-refractivity contribution in [1.29, 1.82) is 0 Å². The number of hydrogen-bond donors (Lipinski definition) is 1. The monoisotopic (exact) mass is 315 g/mol. The van der Waals surface area contributed by atoms with E-state index in [1.165, 1.54) is 0 Å². The predicted octanol–water partition coefficient (Wildman–Crippen LogP) is 2.46. The molecule has 2 rings (SSSR count). The second-order valence-corrected chi connectivity index (χ2v) is 8.97. The summed E-state index contributed by atoms with van der Waals surface area (Å²) in [6.07, 6.45) is 1.86. The quantitative estimate of drug-likeness (QED) is 0.904. The largest absolute Gasteiger partial charge is 0.391 e. The molecule has 114 valence electrons. The molecule has 1 aliphatic heterocycles. The van der Waals surface area contributed by atoms with E-state index in [9.17, 15) is 5.11 Å². The van der Waals surface area contributed by atoms with Gasteiger partial charge in [-0.3, -0.25) is 0 Å². The van der Waals surface area contributed by atoms with Gasteiger partial charge < -0.3 is 5.11 Å². The zero-order valence-corrected chi connectivity index (χ0v) is 14.3. The third kappa shape index (κ3) is 4.15. The van der Waals surface area contributed by atoms with E-state index in [1.807, 2.05) is 28.2 Å². The van der Waals surface area contributed by atoms with Gasteiger partial charge in [0.2, 0.25) is 0 Å². The number of aliphatic hydroxyl groups is 1. The van der Waals surface area contributed by atoms with E-state index in [2.05, 4.69) is 37.8 Å². The lowest BCUT2D eigenvalue weighted by Crippen LogP contribution is -2.36. The first kappa shape index (κ1) is 16.2. The molecule has 2 heterocycles. The van der Waals surface area contributed by atoms with E-state index in [1.54, 1.807) is 6.33 Å². The van der Waals surface area contributed by atoms with E-state index in [4.69, 9.17) is 0 Å². The molecule has 1 fully saturated rings. The van der Waals surface area contributed by atoms with Crippen molar-refractivity contribution in [2.75, 3.05) is 5.75 Å². The molecule has 0 amide bonds. The van der Waals surface area contributed by atoms with E-state index in [0.717, 1.165) is 18.1 Å². The first-order valence-electron chi connectivity index (χ1n) is 7.29. The number of thioether (sulfide) groups is 2. The molecule has 0 aliphatic carbocycles. The van der Waals surface area contributed by atoms with E-state index >= 15 is 0 Å². The fraction of sp³-hybridized carbons (Fsp3) is 0.857. The summed E-state index contributed by atoms with van der Waals surface area (Å²) >= 11 is 3.88. The van der Waals surface area contributed by atoms with Gasteiger partial charge in [0.1, 0.15) is 12.2 Å². The zero-order chi connectivity index (χ0) is 14.7. The van der Waals surface area contributed by atoms with Gasteiger partial charge in [-0.15, -0.1) is 0 Å². The van der Waals surface area contributed by atoms with Crippen LogP contribution in [0.25, 0.3) is 0 Å².